The maximum Gasteiger partial charge on any atom is 0.243 e. The van der Waals surface area contributed by atoms with E-state index in [9.17, 15) is 4.39 Å². The standard InChI is InChI=1S/C14H17ClFN3O/c1-2-3-4-12(17)14-18-13(19-20-14)7-9-5-6-10(16)8-11(9)15/h5-6,8,12H,2-4,7,17H2,1H3. The third kappa shape index (κ3) is 3.77. The number of aromatic nitrogens is 2. The molecule has 0 amide bonds. The molecule has 0 bridgehead atoms. The summed E-state index contributed by atoms with van der Waals surface area (Å²) in [6.45, 7) is 2.10. The Morgan fingerprint density at radius 3 is 2.95 bits per heavy atom. The van der Waals surface area contributed by atoms with Gasteiger partial charge in [0, 0.05) is 11.4 Å². The Morgan fingerprint density at radius 2 is 2.25 bits per heavy atom. The maximum absolute atomic E-state index is 13.0. The van der Waals surface area contributed by atoms with Gasteiger partial charge < -0.3 is 10.3 Å². The van der Waals surface area contributed by atoms with Crippen LogP contribution >= 0.6 is 11.6 Å². The van der Waals surface area contributed by atoms with Crippen molar-refractivity contribution in [2.45, 2.75) is 38.6 Å². The Labute approximate surface area is 122 Å². The Morgan fingerprint density at radius 1 is 1.45 bits per heavy atom. The number of unbranched alkanes of at least 4 members (excludes halogenated alkanes) is 1. The number of halogens is 2. The second-order valence-corrected chi connectivity index (χ2v) is 5.12. The van der Waals surface area contributed by atoms with E-state index in [1.165, 1.54) is 12.1 Å². The van der Waals surface area contributed by atoms with E-state index >= 15 is 0 Å². The van der Waals surface area contributed by atoms with Gasteiger partial charge in [0.05, 0.1) is 6.04 Å². The molecule has 108 valence electrons. The highest BCUT2D eigenvalue weighted by Crippen LogP contribution is 2.21. The maximum atomic E-state index is 13.0. The van der Waals surface area contributed by atoms with Gasteiger partial charge in [-0.15, -0.1) is 0 Å². The fourth-order valence-corrected chi connectivity index (χ4v) is 2.11. The normalized spacial score (nSPS) is 12.6. The van der Waals surface area contributed by atoms with Crippen LogP contribution in [-0.2, 0) is 6.42 Å². The van der Waals surface area contributed by atoms with Crippen molar-refractivity contribution in [3.05, 3.63) is 46.3 Å². The summed E-state index contributed by atoms with van der Waals surface area (Å²) in [7, 11) is 0. The van der Waals surface area contributed by atoms with E-state index < -0.39 is 0 Å². The number of hydrogen-bond donors (Lipinski definition) is 1. The number of hydrogen-bond acceptors (Lipinski definition) is 4. The molecule has 2 N–H and O–H groups in total. The Bertz CT molecular complexity index is 573. The molecular formula is C14H17ClFN3O. The average molecular weight is 298 g/mol. The summed E-state index contributed by atoms with van der Waals surface area (Å²) < 4.78 is 18.1. The van der Waals surface area contributed by atoms with E-state index in [2.05, 4.69) is 17.1 Å². The van der Waals surface area contributed by atoms with Crippen LogP contribution in [0.3, 0.4) is 0 Å². The zero-order valence-electron chi connectivity index (χ0n) is 11.3. The van der Waals surface area contributed by atoms with Gasteiger partial charge in [-0.2, -0.15) is 4.98 Å². The van der Waals surface area contributed by atoms with Gasteiger partial charge in [0.15, 0.2) is 5.82 Å². The third-order valence-corrected chi connectivity index (χ3v) is 3.39. The van der Waals surface area contributed by atoms with Crippen molar-refractivity contribution in [3.63, 3.8) is 0 Å². The molecule has 4 nitrogen and oxygen atoms in total. The average Bonchev–Trinajstić information content (AvgIpc) is 2.88. The topological polar surface area (TPSA) is 64.9 Å². The lowest BCUT2D eigenvalue weighted by molar-refractivity contribution is 0.343. The molecule has 0 aliphatic heterocycles. The summed E-state index contributed by atoms with van der Waals surface area (Å²) in [6.07, 6.45) is 3.29. The van der Waals surface area contributed by atoms with Crippen molar-refractivity contribution in [2.75, 3.05) is 0 Å². The first-order valence-corrected chi connectivity index (χ1v) is 7.00. The van der Waals surface area contributed by atoms with Gasteiger partial charge in [-0.1, -0.05) is 42.6 Å². The van der Waals surface area contributed by atoms with Crippen molar-refractivity contribution < 1.29 is 8.91 Å². The zero-order chi connectivity index (χ0) is 14.5. The summed E-state index contributed by atoms with van der Waals surface area (Å²) in [5, 5.41) is 4.24. The Balaban J connectivity index is 2.05. The molecule has 6 heteroatoms. The summed E-state index contributed by atoms with van der Waals surface area (Å²) in [6, 6.07) is 4.00. The molecule has 0 saturated heterocycles. The van der Waals surface area contributed by atoms with Crippen LogP contribution in [-0.4, -0.2) is 10.1 Å². The number of nitrogens with two attached hydrogens (primary N) is 1. The summed E-state index contributed by atoms with van der Waals surface area (Å²) in [4.78, 5) is 4.27. The SMILES string of the molecule is CCCCC(N)c1nc(Cc2ccc(F)cc2Cl)no1. The number of rotatable bonds is 6. The highest BCUT2D eigenvalue weighted by molar-refractivity contribution is 6.31. The molecule has 0 spiro atoms. The van der Waals surface area contributed by atoms with Crippen LogP contribution in [0.15, 0.2) is 22.7 Å². The summed E-state index contributed by atoms with van der Waals surface area (Å²) in [5.41, 5.74) is 6.72. The van der Waals surface area contributed by atoms with E-state index in [1.54, 1.807) is 6.07 Å². The van der Waals surface area contributed by atoms with Gasteiger partial charge in [-0.25, -0.2) is 4.39 Å². The monoisotopic (exact) mass is 297 g/mol. The molecule has 0 aliphatic rings. The molecular weight excluding hydrogens is 281 g/mol. The number of benzene rings is 1. The first-order valence-electron chi connectivity index (χ1n) is 6.62. The fraction of sp³-hybridized carbons (Fsp3) is 0.429. The summed E-state index contributed by atoms with van der Waals surface area (Å²) in [5.74, 6) is 0.571. The first kappa shape index (κ1) is 14.9. The van der Waals surface area contributed by atoms with Crippen LogP contribution < -0.4 is 5.73 Å². The molecule has 1 heterocycles. The largest absolute Gasteiger partial charge is 0.338 e. The second kappa shape index (κ2) is 6.81. The molecule has 0 aliphatic carbocycles. The lowest BCUT2D eigenvalue weighted by atomic mass is 10.1. The Kier molecular flexibility index (Phi) is 5.09. The lowest BCUT2D eigenvalue weighted by Crippen LogP contribution is -2.10. The van der Waals surface area contributed by atoms with Gasteiger partial charge in [-0.3, -0.25) is 0 Å². The molecule has 1 unspecified atom stereocenters. The van der Waals surface area contributed by atoms with Gasteiger partial charge in [-0.05, 0) is 24.1 Å². The predicted octanol–water partition coefficient (Wildman–Crippen LogP) is 3.64. The molecule has 0 fully saturated rings. The molecule has 1 atom stereocenters. The molecule has 20 heavy (non-hydrogen) atoms. The van der Waals surface area contributed by atoms with Crippen molar-refractivity contribution in [3.8, 4) is 0 Å². The highest BCUT2D eigenvalue weighted by atomic mass is 35.5. The van der Waals surface area contributed by atoms with Crippen LogP contribution in [0.4, 0.5) is 4.39 Å². The molecule has 1 aromatic carbocycles. The molecule has 2 rings (SSSR count). The smallest absolute Gasteiger partial charge is 0.243 e. The van der Waals surface area contributed by atoms with E-state index in [0.29, 0.717) is 23.2 Å². The van der Waals surface area contributed by atoms with Crippen molar-refractivity contribution in [1.82, 2.24) is 10.1 Å². The minimum Gasteiger partial charge on any atom is -0.338 e. The molecule has 0 radical (unpaired) electrons. The van der Waals surface area contributed by atoms with Crippen LogP contribution in [0.5, 0.6) is 0 Å². The molecule has 1 aromatic heterocycles. The quantitative estimate of drug-likeness (QED) is 0.884. The van der Waals surface area contributed by atoms with E-state index in [1.807, 2.05) is 0 Å². The molecule has 2 aromatic rings. The molecule has 0 saturated carbocycles. The first-order chi connectivity index (χ1) is 9.60. The minimum absolute atomic E-state index is 0.236. The third-order valence-electron chi connectivity index (χ3n) is 3.03. The van der Waals surface area contributed by atoms with E-state index in [4.69, 9.17) is 21.9 Å². The minimum atomic E-state index is -0.367. The summed E-state index contributed by atoms with van der Waals surface area (Å²) >= 11 is 5.97. The van der Waals surface area contributed by atoms with Crippen LogP contribution in [0, 0.1) is 5.82 Å². The number of nitrogens with zero attached hydrogens (tertiary/aromatic N) is 2. The van der Waals surface area contributed by atoms with Gasteiger partial charge >= 0.3 is 0 Å². The second-order valence-electron chi connectivity index (χ2n) is 4.71. The van der Waals surface area contributed by atoms with Crippen molar-refractivity contribution in [1.29, 1.82) is 0 Å². The predicted molar refractivity (Wildman–Crippen MR) is 75.0 cm³/mol. The van der Waals surface area contributed by atoms with Gasteiger partial charge in [0.25, 0.3) is 0 Å². The Hall–Kier alpha value is -1.46. The van der Waals surface area contributed by atoms with Crippen LogP contribution in [0.2, 0.25) is 5.02 Å². The highest BCUT2D eigenvalue weighted by Gasteiger charge is 2.15. The van der Waals surface area contributed by atoms with Crippen LogP contribution in [0.1, 0.15) is 49.5 Å². The van der Waals surface area contributed by atoms with Crippen molar-refractivity contribution in [2.24, 2.45) is 5.73 Å². The van der Waals surface area contributed by atoms with Gasteiger partial charge in [0.1, 0.15) is 5.82 Å². The van der Waals surface area contributed by atoms with Gasteiger partial charge in [0.2, 0.25) is 5.89 Å². The van der Waals surface area contributed by atoms with Crippen LogP contribution in [0.25, 0.3) is 0 Å². The van der Waals surface area contributed by atoms with E-state index in [0.717, 1.165) is 24.8 Å². The van der Waals surface area contributed by atoms with E-state index in [-0.39, 0.29) is 11.9 Å². The van der Waals surface area contributed by atoms with Crippen molar-refractivity contribution >= 4 is 11.6 Å². The zero-order valence-corrected chi connectivity index (χ0v) is 12.0. The fourth-order valence-electron chi connectivity index (χ4n) is 1.87. The lowest BCUT2D eigenvalue weighted by Gasteiger charge is -2.04.